The van der Waals surface area contributed by atoms with E-state index < -0.39 is 11.8 Å². The summed E-state index contributed by atoms with van der Waals surface area (Å²) in [5, 5.41) is 5.47. The number of pyridine rings is 1. The summed E-state index contributed by atoms with van der Waals surface area (Å²) in [6, 6.07) is 16.5. The molecule has 0 aliphatic carbocycles. The van der Waals surface area contributed by atoms with Crippen molar-refractivity contribution in [2.24, 2.45) is 0 Å². The number of aromatic nitrogens is 5. The number of carbonyl (C=O) groups excluding carboxylic acids is 2. The van der Waals surface area contributed by atoms with Crippen LogP contribution in [0.5, 0.6) is 5.75 Å². The van der Waals surface area contributed by atoms with E-state index in [9.17, 15) is 9.59 Å². The summed E-state index contributed by atoms with van der Waals surface area (Å²) >= 11 is 0. The van der Waals surface area contributed by atoms with Gasteiger partial charge in [-0.3, -0.25) is 19.9 Å². The van der Waals surface area contributed by atoms with Crippen molar-refractivity contribution in [3.8, 4) is 5.75 Å². The Bertz CT molecular complexity index is 1480. The van der Waals surface area contributed by atoms with Gasteiger partial charge in [-0.15, -0.1) is 0 Å². The van der Waals surface area contributed by atoms with Crippen LogP contribution in [0.2, 0.25) is 0 Å². The highest BCUT2D eigenvalue weighted by atomic mass is 16.5. The van der Waals surface area contributed by atoms with E-state index in [1.165, 1.54) is 6.33 Å². The predicted molar refractivity (Wildman–Crippen MR) is 130 cm³/mol. The number of benzene rings is 2. The van der Waals surface area contributed by atoms with Gasteiger partial charge in [-0.25, -0.2) is 9.97 Å². The molecule has 5 rings (SSSR count). The summed E-state index contributed by atoms with van der Waals surface area (Å²) in [7, 11) is 0. The summed E-state index contributed by atoms with van der Waals surface area (Å²) in [5.74, 6) is -0.115. The summed E-state index contributed by atoms with van der Waals surface area (Å²) in [4.78, 5) is 43.8. The smallest absolute Gasteiger partial charge is 0.276 e. The van der Waals surface area contributed by atoms with Crippen LogP contribution in [0.3, 0.4) is 0 Å². The van der Waals surface area contributed by atoms with Gasteiger partial charge in [-0.05, 0) is 60.5 Å². The maximum Gasteiger partial charge on any atom is 0.276 e. The number of rotatable bonds is 7. The second-order valence-electron chi connectivity index (χ2n) is 7.76. The molecule has 0 fully saturated rings. The molecule has 0 spiro atoms. The average Bonchev–Trinajstić information content (AvgIpc) is 3.52. The maximum atomic E-state index is 12.9. The lowest BCUT2D eigenvalue weighted by atomic mass is 10.1. The van der Waals surface area contributed by atoms with E-state index in [1.54, 1.807) is 24.5 Å². The summed E-state index contributed by atoms with van der Waals surface area (Å²) in [6.45, 7) is 2.26. The van der Waals surface area contributed by atoms with Crippen LogP contribution in [0.25, 0.3) is 11.0 Å². The molecule has 3 heterocycles. The van der Waals surface area contributed by atoms with E-state index in [1.807, 2.05) is 49.4 Å². The Morgan fingerprint density at radius 1 is 1.00 bits per heavy atom. The van der Waals surface area contributed by atoms with Gasteiger partial charge in [0.15, 0.2) is 5.69 Å². The SMILES string of the molecule is Cc1cc(OCc2ccncc2)ccc1NC(=O)c1nc[nH]c1C(=O)Nc1nc2ccccc2[nH]1. The maximum absolute atomic E-state index is 12.9. The zero-order valence-corrected chi connectivity index (χ0v) is 18.7. The van der Waals surface area contributed by atoms with E-state index in [-0.39, 0.29) is 17.3 Å². The normalized spacial score (nSPS) is 10.8. The minimum absolute atomic E-state index is 0.0258. The first-order chi connectivity index (χ1) is 17.1. The number of aromatic amines is 2. The number of carbonyl (C=O) groups is 2. The fourth-order valence-electron chi connectivity index (χ4n) is 3.51. The number of para-hydroxylation sites is 2. The van der Waals surface area contributed by atoms with E-state index in [0.29, 0.717) is 23.6 Å². The lowest BCUT2D eigenvalue weighted by molar-refractivity contribution is 0.0985. The second kappa shape index (κ2) is 9.48. The Hall–Kier alpha value is -4.99. The van der Waals surface area contributed by atoms with Gasteiger partial charge < -0.3 is 20.0 Å². The van der Waals surface area contributed by atoms with Gasteiger partial charge in [0.05, 0.1) is 17.4 Å². The standard InChI is InChI=1S/C25H21N7O3/c1-15-12-17(35-13-16-8-10-26-11-9-16)6-7-18(15)29-23(33)21-22(28-14-27-21)24(34)32-25-30-19-4-2-3-5-20(19)31-25/h2-12,14H,13H2,1H3,(H,27,28)(H,29,33)(H2,30,31,32,34). The summed E-state index contributed by atoms with van der Waals surface area (Å²) < 4.78 is 5.81. The molecule has 0 saturated heterocycles. The first kappa shape index (κ1) is 21.8. The van der Waals surface area contributed by atoms with E-state index in [2.05, 4.69) is 35.6 Å². The molecule has 0 radical (unpaired) electrons. The van der Waals surface area contributed by atoms with Crippen molar-refractivity contribution in [2.45, 2.75) is 13.5 Å². The number of amides is 2. The molecule has 35 heavy (non-hydrogen) atoms. The number of fused-ring (bicyclic) bond motifs is 1. The topological polar surface area (TPSA) is 138 Å². The van der Waals surface area contributed by atoms with Gasteiger partial charge in [-0.2, -0.15) is 0 Å². The molecule has 0 saturated carbocycles. The number of nitrogens with one attached hydrogen (secondary N) is 4. The van der Waals surface area contributed by atoms with Crippen LogP contribution >= 0.6 is 0 Å². The predicted octanol–water partition coefficient (Wildman–Crippen LogP) is 4.07. The number of anilines is 2. The zero-order chi connectivity index (χ0) is 24.2. The van der Waals surface area contributed by atoms with Crippen LogP contribution in [-0.2, 0) is 6.61 Å². The molecule has 0 atom stereocenters. The Labute approximate surface area is 199 Å². The monoisotopic (exact) mass is 467 g/mol. The molecule has 0 unspecified atom stereocenters. The number of aryl methyl sites for hydroxylation is 1. The minimum Gasteiger partial charge on any atom is -0.489 e. The third-order valence-corrected chi connectivity index (χ3v) is 5.30. The van der Waals surface area contributed by atoms with Gasteiger partial charge in [0.25, 0.3) is 11.8 Å². The van der Waals surface area contributed by atoms with Gasteiger partial charge in [-0.1, -0.05) is 12.1 Å². The van der Waals surface area contributed by atoms with Crippen molar-refractivity contribution < 1.29 is 14.3 Å². The summed E-state index contributed by atoms with van der Waals surface area (Å²) in [5.41, 5.74) is 3.88. The molecule has 0 bridgehead atoms. The van der Waals surface area contributed by atoms with Crippen LogP contribution in [0.15, 0.2) is 73.3 Å². The molecule has 10 nitrogen and oxygen atoms in total. The first-order valence-electron chi connectivity index (χ1n) is 10.8. The highest BCUT2D eigenvalue weighted by Crippen LogP contribution is 2.23. The Morgan fingerprint density at radius 3 is 2.63 bits per heavy atom. The Kier molecular flexibility index (Phi) is 5.91. The largest absolute Gasteiger partial charge is 0.489 e. The molecular weight excluding hydrogens is 446 g/mol. The number of H-pyrrole nitrogens is 2. The van der Waals surface area contributed by atoms with Crippen molar-refractivity contribution in [1.82, 2.24) is 24.9 Å². The molecular formula is C25H21N7O3. The van der Waals surface area contributed by atoms with Crippen molar-refractivity contribution in [3.05, 3.63) is 95.8 Å². The average molecular weight is 467 g/mol. The lowest BCUT2D eigenvalue weighted by Gasteiger charge is -2.11. The van der Waals surface area contributed by atoms with Gasteiger partial charge >= 0.3 is 0 Å². The highest BCUT2D eigenvalue weighted by Gasteiger charge is 2.22. The van der Waals surface area contributed by atoms with Crippen molar-refractivity contribution in [3.63, 3.8) is 0 Å². The van der Waals surface area contributed by atoms with Gasteiger partial charge in [0, 0.05) is 18.1 Å². The van der Waals surface area contributed by atoms with Gasteiger partial charge in [0.2, 0.25) is 5.95 Å². The van der Waals surface area contributed by atoms with Crippen LogP contribution in [0.1, 0.15) is 32.1 Å². The summed E-state index contributed by atoms with van der Waals surface area (Å²) in [6.07, 6.45) is 4.72. The fraction of sp³-hybridized carbons (Fsp3) is 0.0800. The van der Waals surface area contributed by atoms with Crippen molar-refractivity contribution in [1.29, 1.82) is 0 Å². The van der Waals surface area contributed by atoms with Crippen molar-refractivity contribution >= 4 is 34.5 Å². The van der Waals surface area contributed by atoms with E-state index in [0.717, 1.165) is 16.6 Å². The van der Waals surface area contributed by atoms with Gasteiger partial charge in [0.1, 0.15) is 18.1 Å². The number of ether oxygens (including phenoxy) is 1. The fourth-order valence-corrected chi connectivity index (χ4v) is 3.51. The Morgan fingerprint density at radius 2 is 1.83 bits per heavy atom. The molecule has 2 aromatic carbocycles. The highest BCUT2D eigenvalue weighted by molar-refractivity contribution is 6.13. The molecule has 0 aliphatic rings. The van der Waals surface area contributed by atoms with E-state index >= 15 is 0 Å². The lowest BCUT2D eigenvalue weighted by Crippen LogP contribution is -2.21. The second-order valence-corrected chi connectivity index (χ2v) is 7.76. The quantitative estimate of drug-likeness (QED) is 0.285. The third kappa shape index (κ3) is 4.86. The van der Waals surface area contributed by atoms with Crippen LogP contribution in [-0.4, -0.2) is 36.7 Å². The number of imidazole rings is 2. The molecule has 0 aliphatic heterocycles. The molecule has 174 valence electrons. The molecule has 10 heteroatoms. The molecule has 4 N–H and O–H groups in total. The van der Waals surface area contributed by atoms with Crippen LogP contribution in [0, 0.1) is 6.92 Å². The first-order valence-corrected chi connectivity index (χ1v) is 10.8. The third-order valence-electron chi connectivity index (χ3n) is 5.30. The molecule has 5 aromatic rings. The van der Waals surface area contributed by atoms with Crippen LogP contribution < -0.4 is 15.4 Å². The molecule has 2 amide bonds. The Balaban J connectivity index is 1.25. The molecule has 3 aromatic heterocycles. The zero-order valence-electron chi connectivity index (χ0n) is 18.7. The minimum atomic E-state index is -0.539. The van der Waals surface area contributed by atoms with E-state index in [4.69, 9.17) is 4.74 Å². The number of hydrogen-bond donors (Lipinski definition) is 4. The number of hydrogen-bond acceptors (Lipinski definition) is 6. The van der Waals surface area contributed by atoms with Crippen molar-refractivity contribution in [2.75, 3.05) is 10.6 Å². The number of nitrogens with zero attached hydrogens (tertiary/aromatic N) is 3. The van der Waals surface area contributed by atoms with Crippen LogP contribution in [0.4, 0.5) is 11.6 Å².